The van der Waals surface area contributed by atoms with Crippen LogP contribution in [0.1, 0.15) is 31.0 Å². The van der Waals surface area contributed by atoms with Crippen LogP contribution in [-0.4, -0.2) is 10.2 Å². The van der Waals surface area contributed by atoms with Gasteiger partial charge >= 0.3 is 0 Å². The molecule has 4 heteroatoms. The summed E-state index contributed by atoms with van der Waals surface area (Å²) in [6, 6.07) is 11.9. The van der Waals surface area contributed by atoms with Crippen LogP contribution < -0.4 is 10.8 Å². The van der Waals surface area contributed by atoms with Crippen molar-refractivity contribution in [3.05, 3.63) is 53.9 Å². The van der Waals surface area contributed by atoms with Gasteiger partial charge in [0.2, 0.25) is 0 Å². The first kappa shape index (κ1) is 13.5. The standard InChI is InChI=1S/C15H19N3O/c1-11(2)15-8-7-14(10-16-15)18-13-5-3-12(4-6-13)9-17-19/h3-8,10-11,17-19H,9H2,1-2H3. The second kappa shape index (κ2) is 6.31. The van der Waals surface area contributed by atoms with Crippen molar-refractivity contribution in [2.24, 2.45) is 0 Å². The molecule has 3 N–H and O–H groups in total. The fraction of sp³-hybridized carbons (Fsp3) is 0.267. The van der Waals surface area contributed by atoms with E-state index in [-0.39, 0.29) is 0 Å². The van der Waals surface area contributed by atoms with Crippen molar-refractivity contribution in [1.29, 1.82) is 0 Å². The summed E-state index contributed by atoms with van der Waals surface area (Å²) in [6.07, 6.45) is 1.85. The number of pyridine rings is 1. The number of nitrogens with one attached hydrogen (secondary N) is 2. The number of hydrogen-bond acceptors (Lipinski definition) is 4. The van der Waals surface area contributed by atoms with E-state index in [2.05, 4.69) is 29.6 Å². The van der Waals surface area contributed by atoms with Crippen molar-refractivity contribution in [2.75, 3.05) is 5.32 Å². The molecule has 1 aromatic carbocycles. The number of hydroxylamine groups is 1. The highest BCUT2D eigenvalue weighted by Gasteiger charge is 2.01. The molecule has 2 rings (SSSR count). The van der Waals surface area contributed by atoms with E-state index in [1.54, 1.807) is 0 Å². The number of rotatable bonds is 5. The van der Waals surface area contributed by atoms with Gasteiger partial charge in [0.25, 0.3) is 0 Å². The van der Waals surface area contributed by atoms with E-state index in [1.165, 1.54) is 0 Å². The summed E-state index contributed by atoms with van der Waals surface area (Å²) >= 11 is 0. The number of anilines is 2. The third kappa shape index (κ3) is 3.77. The monoisotopic (exact) mass is 257 g/mol. The molecule has 0 fully saturated rings. The molecule has 0 aliphatic rings. The smallest absolute Gasteiger partial charge is 0.0570 e. The normalized spacial score (nSPS) is 10.7. The molecule has 0 aliphatic carbocycles. The predicted molar refractivity (Wildman–Crippen MR) is 76.7 cm³/mol. The minimum absolute atomic E-state index is 0.444. The van der Waals surface area contributed by atoms with Crippen LogP contribution in [0, 0.1) is 0 Å². The van der Waals surface area contributed by atoms with Gasteiger partial charge in [0.15, 0.2) is 0 Å². The first-order valence-corrected chi connectivity index (χ1v) is 6.38. The molecular formula is C15H19N3O. The maximum Gasteiger partial charge on any atom is 0.0570 e. The van der Waals surface area contributed by atoms with Gasteiger partial charge in [-0.05, 0) is 35.7 Å². The highest BCUT2D eigenvalue weighted by Crippen LogP contribution is 2.18. The number of hydrogen-bond donors (Lipinski definition) is 3. The van der Waals surface area contributed by atoms with E-state index in [1.807, 2.05) is 42.6 Å². The molecule has 0 amide bonds. The van der Waals surface area contributed by atoms with Crippen LogP contribution in [0.3, 0.4) is 0 Å². The highest BCUT2D eigenvalue weighted by atomic mass is 16.5. The lowest BCUT2D eigenvalue weighted by Crippen LogP contribution is -2.05. The van der Waals surface area contributed by atoms with Crippen LogP contribution in [0.25, 0.3) is 0 Å². The molecule has 0 atom stereocenters. The summed E-state index contributed by atoms with van der Waals surface area (Å²) in [6.45, 7) is 4.71. The topological polar surface area (TPSA) is 57.2 Å². The van der Waals surface area contributed by atoms with E-state index in [0.29, 0.717) is 12.5 Å². The van der Waals surface area contributed by atoms with E-state index in [0.717, 1.165) is 22.6 Å². The van der Waals surface area contributed by atoms with Crippen molar-refractivity contribution in [1.82, 2.24) is 10.5 Å². The van der Waals surface area contributed by atoms with Crippen LogP contribution in [0.2, 0.25) is 0 Å². The third-order valence-electron chi connectivity index (χ3n) is 2.90. The largest absolute Gasteiger partial charge is 0.354 e. The highest BCUT2D eigenvalue weighted by molar-refractivity contribution is 5.58. The van der Waals surface area contributed by atoms with Crippen molar-refractivity contribution in [2.45, 2.75) is 26.3 Å². The zero-order chi connectivity index (χ0) is 13.7. The summed E-state index contributed by atoms with van der Waals surface area (Å²) in [4.78, 5) is 4.42. The fourth-order valence-corrected chi connectivity index (χ4v) is 1.78. The molecule has 0 radical (unpaired) electrons. The maximum absolute atomic E-state index is 8.62. The Morgan fingerprint density at radius 3 is 2.26 bits per heavy atom. The van der Waals surface area contributed by atoms with Crippen LogP contribution in [0.5, 0.6) is 0 Å². The molecule has 2 aromatic rings. The maximum atomic E-state index is 8.62. The van der Waals surface area contributed by atoms with Gasteiger partial charge in [-0.15, -0.1) is 0 Å². The van der Waals surface area contributed by atoms with Gasteiger partial charge in [0.1, 0.15) is 0 Å². The summed E-state index contributed by atoms with van der Waals surface area (Å²) < 4.78 is 0. The van der Waals surface area contributed by atoms with Gasteiger partial charge in [0.05, 0.1) is 11.9 Å². The van der Waals surface area contributed by atoms with Crippen LogP contribution in [0.4, 0.5) is 11.4 Å². The van der Waals surface area contributed by atoms with Gasteiger partial charge in [-0.25, -0.2) is 5.48 Å². The summed E-state index contributed by atoms with van der Waals surface area (Å²) in [5.41, 5.74) is 6.23. The Bertz CT molecular complexity index is 506. The zero-order valence-corrected chi connectivity index (χ0v) is 11.2. The van der Waals surface area contributed by atoms with Gasteiger partial charge in [-0.3, -0.25) is 4.98 Å². The van der Waals surface area contributed by atoms with Crippen molar-refractivity contribution < 1.29 is 5.21 Å². The lowest BCUT2D eigenvalue weighted by Gasteiger charge is -2.09. The van der Waals surface area contributed by atoms with Crippen molar-refractivity contribution >= 4 is 11.4 Å². The average molecular weight is 257 g/mol. The molecular weight excluding hydrogens is 238 g/mol. The van der Waals surface area contributed by atoms with E-state index < -0.39 is 0 Å². The van der Waals surface area contributed by atoms with Gasteiger partial charge in [-0.1, -0.05) is 26.0 Å². The SMILES string of the molecule is CC(C)c1ccc(Nc2ccc(CNO)cc2)cn1. The Kier molecular flexibility index (Phi) is 4.49. The summed E-state index contributed by atoms with van der Waals surface area (Å²) in [7, 11) is 0. The first-order valence-electron chi connectivity index (χ1n) is 6.38. The van der Waals surface area contributed by atoms with Crippen LogP contribution in [0.15, 0.2) is 42.6 Å². The van der Waals surface area contributed by atoms with Crippen molar-refractivity contribution in [3.8, 4) is 0 Å². The van der Waals surface area contributed by atoms with Gasteiger partial charge < -0.3 is 10.5 Å². The molecule has 0 saturated heterocycles. The minimum Gasteiger partial charge on any atom is -0.354 e. The molecule has 100 valence electrons. The van der Waals surface area contributed by atoms with Gasteiger partial charge in [0, 0.05) is 17.9 Å². The average Bonchev–Trinajstić information content (AvgIpc) is 2.42. The second-order valence-corrected chi connectivity index (χ2v) is 4.78. The molecule has 4 nitrogen and oxygen atoms in total. The van der Waals surface area contributed by atoms with Crippen LogP contribution >= 0.6 is 0 Å². The quantitative estimate of drug-likeness (QED) is 0.718. The Morgan fingerprint density at radius 1 is 1.05 bits per heavy atom. The summed E-state index contributed by atoms with van der Waals surface area (Å²) in [5, 5.41) is 11.9. The van der Waals surface area contributed by atoms with Crippen molar-refractivity contribution in [3.63, 3.8) is 0 Å². The van der Waals surface area contributed by atoms with Gasteiger partial charge in [-0.2, -0.15) is 0 Å². The van der Waals surface area contributed by atoms with E-state index in [9.17, 15) is 0 Å². The lowest BCUT2D eigenvalue weighted by atomic mass is 10.1. The fourth-order valence-electron chi connectivity index (χ4n) is 1.78. The number of nitrogens with zero attached hydrogens (tertiary/aromatic N) is 1. The molecule has 19 heavy (non-hydrogen) atoms. The number of aromatic nitrogens is 1. The number of benzene rings is 1. The van der Waals surface area contributed by atoms with E-state index in [4.69, 9.17) is 5.21 Å². The predicted octanol–water partition coefficient (Wildman–Crippen LogP) is 3.43. The Balaban J connectivity index is 2.04. The Hall–Kier alpha value is -1.91. The molecule has 0 aliphatic heterocycles. The molecule has 0 unspecified atom stereocenters. The lowest BCUT2D eigenvalue weighted by molar-refractivity contribution is 0.161. The van der Waals surface area contributed by atoms with E-state index >= 15 is 0 Å². The minimum atomic E-state index is 0.444. The Labute approximate surface area is 113 Å². The molecule has 1 heterocycles. The zero-order valence-electron chi connectivity index (χ0n) is 11.2. The molecule has 0 bridgehead atoms. The molecule has 0 saturated carbocycles. The Morgan fingerprint density at radius 2 is 1.74 bits per heavy atom. The molecule has 0 spiro atoms. The molecule has 1 aromatic heterocycles. The summed E-state index contributed by atoms with van der Waals surface area (Å²) in [5.74, 6) is 0.444. The van der Waals surface area contributed by atoms with Crippen LogP contribution in [-0.2, 0) is 6.54 Å². The first-order chi connectivity index (χ1) is 9.19. The second-order valence-electron chi connectivity index (χ2n) is 4.78. The third-order valence-corrected chi connectivity index (χ3v) is 2.90.